The normalized spacial score (nSPS) is 10.4. The molecule has 0 aliphatic rings. The topological polar surface area (TPSA) is 73.6 Å². The van der Waals surface area contributed by atoms with E-state index in [9.17, 15) is 4.79 Å². The Morgan fingerprint density at radius 2 is 1.77 bits per heavy atom. The lowest BCUT2D eigenvalue weighted by Crippen LogP contribution is -2.23. The number of nitrogens with one attached hydrogen (secondary N) is 1. The number of ether oxygens (including phenoxy) is 2. The number of nitrogens with zero attached hydrogens (tertiary/aromatic N) is 1. The summed E-state index contributed by atoms with van der Waals surface area (Å²) in [6.07, 6.45) is 0. The highest BCUT2D eigenvalue weighted by molar-refractivity contribution is 6.30. The second kappa shape index (κ2) is 7.93. The van der Waals surface area contributed by atoms with Crippen molar-refractivity contribution in [1.82, 2.24) is 10.5 Å². The van der Waals surface area contributed by atoms with E-state index in [-0.39, 0.29) is 18.1 Å². The van der Waals surface area contributed by atoms with Gasteiger partial charge >= 0.3 is 0 Å². The average molecular weight is 373 g/mol. The van der Waals surface area contributed by atoms with Crippen LogP contribution in [0.15, 0.2) is 53.1 Å². The van der Waals surface area contributed by atoms with E-state index in [1.54, 1.807) is 56.7 Å². The molecule has 1 amide bonds. The van der Waals surface area contributed by atoms with Crippen LogP contribution in [0.2, 0.25) is 5.02 Å². The summed E-state index contributed by atoms with van der Waals surface area (Å²) in [6, 6.07) is 14.1. The molecule has 6 nitrogen and oxygen atoms in total. The van der Waals surface area contributed by atoms with Gasteiger partial charge in [-0.1, -0.05) is 22.8 Å². The summed E-state index contributed by atoms with van der Waals surface area (Å²) in [7, 11) is 3.13. The summed E-state index contributed by atoms with van der Waals surface area (Å²) in [5.74, 6) is 1.39. The fourth-order valence-corrected chi connectivity index (χ4v) is 2.62. The van der Waals surface area contributed by atoms with Crippen molar-refractivity contribution in [1.29, 1.82) is 0 Å². The molecule has 0 fully saturated rings. The highest BCUT2D eigenvalue weighted by Gasteiger charge is 2.16. The van der Waals surface area contributed by atoms with Crippen LogP contribution in [0.3, 0.4) is 0 Å². The Labute approximate surface area is 155 Å². The molecule has 0 unspecified atom stereocenters. The molecule has 2 aromatic carbocycles. The Morgan fingerprint density at radius 1 is 1.12 bits per heavy atom. The maximum Gasteiger partial charge on any atom is 0.273 e. The number of amides is 1. The zero-order chi connectivity index (χ0) is 18.5. The van der Waals surface area contributed by atoms with E-state index < -0.39 is 0 Å². The van der Waals surface area contributed by atoms with Crippen LogP contribution in [0.1, 0.15) is 16.1 Å². The van der Waals surface area contributed by atoms with Gasteiger partial charge in [0.1, 0.15) is 11.5 Å². The van der Waals surface area contributed by atoms with E-state index >= 15 is 0 Å². The van der Waals surface area contributed by atoms with Gasteiger partial charge in [-0.25, -0.2) is 0 Å². The molecule has 0 aliphatic carbocycles. The van der Waals surface area contributed by atoms with Crippen molar-refractivity contribution in [2.24, 2.45) is 0 Å². The number of hydrogen-bond donors (Lipinski definition) is 1. The van der Waals surface area contributed by atoms with Gasteiger partial charge in [-0.15, -0.1) is 0 Å². The molecule has 7 heteroatoms. The van der Waals surface area contributed by atoms with Gasteiger partial charge in [-0.05, 0) is 36.4 Å². The Hall–Kier alpha value is -2.99. The molecule has 3 aromatic rings. The first-order chi connectivity index (χ1) is 12.6. The largest absolute Gasteiger partial charge is 0.496 e. The minimum absolute atomic E-state index is 0.184. The summed E-state index contributed by atoms with van der Waals surface area (Å²) in [6.45, 7) is 0.231. The van der Waals surface area contributed by atoms with Crippen LogP contribution in [0.4, 0.5) is 0 Å². The fourth-order valence-electron chi connectivity index (χ4n) is 2.49. The molecule has 134 valence electrons. The summed E-state index contributed by atoms with van der Waals surface area (Å²) in [5, 5.41) is 7.25. The van der Waals surface area contributed by atoms with Crippen LogP contribution < -0.4 is 14.8 Å². The number of benzene rings is 2. The monoisotopic (exact) mass is 372 g/mol. The van der Waals surface area contributed by atoms with Gasteiger partial charge in [-0.3, -0.25) is 4.79 Å². The molecule has 0 saturated heterocycles. The lowest BCUT2D eigenvalue weighted by molar-refractivity contribution is 0.0941. The van der Waals surface area contributed by atoms with Gasteiger partial charge in [0, 0.05) is 16.7 Å². The summed E-state index contributed by atoms with van der Waals surface area (Å²) >= 11 is 5.87. The third-order valence-electron chi connectivity index (χ3n) is 3.83. The van der Waals surface area contributed by atoms with Crippen molar-refractivity contribution in [2.45, 2.75) is 6.54 Å². The van der Waals surface area contributed by atoms with Gasteiger partial charge in [0.2, 0.25) is 0 Å². The van der Waals surface area contributed by atoms with Crippen LogP contribution in [0, 0.1) is 0 Å². The number of methoxy groups -OCH3 is 2. The molecule has 0 radical (unpaired) electrons. The average Bonchev–Trinajstić information content (AvgIpc) is 3.16. The van der Waals surface area contributed by atoms with Crippen LogP contribution in [-0.4, -0.2) is 25.3 Å². The first-order valence-electron chi connectivity index (χ1n) is 7.83. The third kappa shape index (κ3) is 3.81. The van der Waals surface area contributed by atoms with Crippen molar-refractivity contribution in [3.8, 4) is 22.8 Å². The Kier molecular flexibility index (Phi) is 5.43. The number of rotatable bonds is 6. The van der Waals surface area contributed by atoms with Crippen LogP contribution >= 0.6 is 11.6 Å². The lowest BCUT2D eigenvalue weighted by atomic mass is 10.1. The zero-order valence-corrected chi connectivity index (χ0v) is 15.0. The second-order valence-electron chi connectivity index (χ2n) is 5.41. The van der Waals surface area contributed by atoms with Crippen LogP contribution in [0.5, 0.6) is 11.5 Å². The second-order valence-corrected chi connectivity index (χ2v) is 5.84. The predicted octanol–water partition coefficient (Wildman–Crippen LogP) is 3.94. The minimum Gasteiger partial charge on any atom is -0.496 e. The van der Waals surface area contributed by atoms with E-state index in [0.717, 1.165) is 11.1 Å². The molecule has 0 bridgehead atoms. The van der Waals surface area contributed by atoms with Crippen molar-refractivity contribution in [2.75, 3.05) is 14.2 Å². The molecule has 0 spiro atoms. The molecule has 0 saturated carbocycles. The molecule has 0 aliphatic heterocycles. The number of carbonyl (C=O) groups is 1. The van der Waals surface area contributed by atoms with Crippen LogP contribution in [-0.2, 0) is 6.54 Å². The van der Waals surface area contributed by atoms with Gasteiger partial charge in [0.25, 0.3) is 5.91 Å². The highest BCUT2D eigenvalue weighted by Crippen LogP contribution is 2.28. The highest BCUT2D eigenvalue weighted by atomic mass is 35.5. The summed E-state index contributed by atoms with van der Waals surface area (Å²) in [4.78, 5) is 12.4. The van der Waals surface area contributed by atoms with Crippen molar-refractivity contribution < 1.29 is 18.8 Å². The molecule has 3 rings (SSSR count). The quantitative estimate of drug-likeness (QED) is 0.709. The molecule has 0 atom stereocenters. The van der Waals surface area contributed by atoms with Crippen molar-refractivity contribution in [3.05, 3.63) is 64.8 Å². The van der Waals surface area contributed by atoms with Gasteiger partial charge in [0.15, 0.2) is 11.5 Å². The van der Waals surface area contributed by atoms with Crippen LogP contribution in [0.25, 0.3) is 11.3 Å². The van der Waals surface area contributed by atoms with E-state index in [4.69, 9.17) is 25.6 Å². The van der Waals surface area contributed by atoms with Gasteiger partial charge < -0.3 is 19.3 Å². The fraction of sp³-hybridized carbons (Fsp3) is 0.158. The number of halogens is 1. The standard InChI is InChI=1S/C19H17ClN2O4/c1-24-16-4-3-5-17(25-2)14(16)11-21-19(23)15-10-18(26-22-15)12-6-8-13(20)9-7-12/h3-10H,11H2,1-2H3,(H,21,23). The molecule has 26 heavy (non-hydrogen) atoms. The maximum atomic E-state index is 12.4. The van der Waals surface area contributed by atoms with Gasteiger partial charge in [0.05, 0.1) is 26.3 Å². The van der Waals surface area contributed by atoms with Crippen molar-refractivity contribution >= 4 is 17.5 Å². The van der Waals surface area contributed by atoms with Crippen molar-refractivity contribution in [3.63, 3.8) is 0 Å². The van der Waals surface area contributed by atoms with E-state index in [1.807, 2.05) is 6.07 Å². The van der Waals surface area contributed by atoms with E-state index in [2.05, 4.69) is 10.5 Å². The lowest BCUT2D eigenvalue weighted by Gasteiger charge is -2.13. The Bertz CT molecular complexity index is 884. The number of aromatic nitrogens is 1. The summed E-state index contributed by atoms with van der Waals surface area (Å²) < 4.78 is 15.9. The predicted molar refractivity (Wildman–Crippen MR) is 97.7 cm³/mol. The van der Waals surface area contributed by atoms with E-state index in [1.165, 1.54) is 0 Å². The number of carbonyl (C=O) groups excluding carboxylic acids is 1. The molecular formula is C19H17ClN2O4. The third-order valence-corrected chi connectivity index (χ3v) is 4.08. The Balaban J connectivity index is 1.73. The zero-order valence-electron chi connectivity index (χ0n) is 14.3. The minimum atomic E-state index is -0.359. The molecule has 1 aromatic heterocycles. The first-order valence-corrected chi connectivity index (χ1v) is 8.21. The van der Waals surface area contributed by atoms with Gasteiger partial charge in [-0.2, -0.15) is 0 Å². The SMILES string of the molecule is COc1cccc(OC)c1CNC(=O)c1cc(-c2ccc(Cl)cc2)on1. The first kappa shape index (κ1) is 17.8. The number of hydrogen-bond acceptors (Lipinski definition) is 5. The Morgan fingerprint density at radius 3 is 2.38 bits per heavy atom. The maximum absolute atomic E-state index is 12.4. The van der Waals surface area contributed by atoms with E-state index in [0.29, 0.717) is 22.3 Å². The molecule has 1 N–H and O–H groups in total. The summed E-state index contributed by atoms with van der Waals surface area (Å²) in [5.41, 5.74) is 1.71. The molecular weight excluding hydrogens is 356 g/mol. The smallest absolute Gasteiger partial charge is 0.273 e. The molecule has 1 heterocycles.